The van der Waals surface area contributed by atoms with Crippen molar-refractivity contribution in [1.82, 2.24) is 9.88 Å². The molecule has 2 N–H and O–H groups in total. The van der Waals surface area contributed by atoms with Crippen molar-refractivity contribution in [1.29, 1.82) is 0 Å². The van der Waals surface area contributed by atoms with E-state index < -0.39 is 0 Å². The molecule has 2 heterocycles. The summed E-state index contributed by atoms with van der Waals surface area (Å²) >= 11 is 7.66. The van der Waals surface area contributed by atoms with Crippen LogP contribution in [0.1, 0.15) is 28.8 Å². The molecular weight excluding hydrogens is 294 g/mol. The molecule has 1 aliphatic carbocycles. The Bertz CT molecular complexity index is 625. The SMILES string of the molecule is Nc1cnc(Cl)c(C(=O)N(Cc2ccsc2)C2CC2)c1. The predicted molar refractivity (Wildman–Crippen MR) is 80.9 cm³/mol. The number of hydrogen-bond acceptors (Lipinski definition) is 4. The van der Waals surface area contributed by atoms with Gasteiger partial charge in [0.2, 0.25) is 0 Å². The fraction of sp³-hybridized carbons (Fsp3) is 0.286. The number of nitrogens with zero attached hydrogens (tertiary/aromatic N) is 2. The summed E-state index contributed by atoms with van der Waals surface area (Å²) in [5.41, 5.74) is 7.68. The molecule has 0 unspecified atom stereocenters. The van der Waals surface area contributed by atoms with Gasteiger partial charge >= 0.3 is 0 Å². The molecule has 0 bridgehead atoms. The van der Waals surface area contributed by atoms with Gasteiger partial charge in [-0.2, -0.15) is 11.3 Å². The average molecular weight is 308 g/mol. The molecule has 4 nitrogen and oxygen atoms in total. The fourth-order valence-corrected chi connectivity index (χ4v) is 2.95. The Balaban J connectivity index is 1.87. The van der Waals surface area contributed by atoms with Crippen LogP contribution in [0.25, 0.3) is 0 Å². The normalized spacial score (nSPS) is 14.2. The first-order chi connectivity index (χ1) is 9.65. The van der Waals surface area contributed by atoms with Gasteiger partial charge in [-0.25, -0.2) is 4.98 Å². The lowest BCUT2D eigenvalue weighted by atomic mass is 10.2. The zero-order valence-electron chi connectivity index (χ0n) is 10.8. The van der Waals surface area contributed by atoms with Gasteiger partial charge in [0.05, 0.1) is 17.4 Å². The Kier molecular flexibility index (Phi) is 3.63. The zero-order valence-corrected chi connectivity index (χ0v) is 12.3. The van der Waals surface area contributed by atoms with Gasteiger partial charge in [0.25, 0.3) is 5.91 Å². The standard InChI is InChI=1S/C14H14ClN3OS/c15-13-12(5-10(16)6-17-13)14(19)18(11-1-2-11)7-9-3-4-20-8-9/h3-6,8,11H,1-2,7,16H2. The number of nitrogen functional groups attached to an aromatic ring is 1. The van der Waals surface area contributed by atoms with E-state index >= 15 is 0 Å². The van der Waals surface area contributed by atoms with Crippen LogP contribution >= 0.6 is 22.9 Å². The first-order valence-corrected chi connectivity index (χ1v) is 7.70. The maximum Gasteiger partial charge on any atom is 0.257 e. The second-order valence-electron chi connectivity index (χ2n) is 4.90. The van der Waals surface area contributed by atoms with E-state index in [2.05, 4.69) is 10.4 Å². The summed E-state index contributed by atoms with van der Waals surface area (Å²) in [5.74, 6) is -0.0940. The third kappa shape index (κ3) is 2.78. The van der Waals surface area contributed by atoms with Crippen LogP contribution in [0.5, 0.6) is 0 Å². The summed E-state index contributed by atoms with van der Waals surface area (Å²) in [5, 5.41) is 4.28. The van der Waals surface area contributed by atoms with Crippen LogP contribution in [0, 0.1) is 0 Å². The largest absolute Gasteiger partial charge is 0.397 e. The second kappa shape index (κ2) is 5.42. The molecule has 2 aromatic rings. The molecule has 0 aliphatic heterocycles. The Hall–Kier alpha value is -1.59. The van der Waals surface area contributed by atoms with Crippen molar-refractivity contribution in [3.8, 4) is 0 Å². The number of carbonyl (C=O) groups is 1. The van der Waals surface area contributed by atoms with Crippen molar-refractivity contribution in [3.63, 3.8) is 0 Å². The molecule has 20 heavy (non-hydrogen) atoms. The lowest BCUT2D eigenvalue weighted by Gasteiger charge is -2.22. The highest BCUT2D eigenvalue weighted by Crippen LogP contribution is 2.31. The van der Waals surface area contributed by atoms with E-state index in [0.29, 0.717) is 23.8 Å². The third-order valence-corrected chi connectivity index (χ3v) is 4.31. The number of nitrogens with two attached hydrogens (primary N) is 1. The van der Waals surface area contributed by atoms with Gasteiger partial charge in [0.15, 0.2) is 0 Å². The molecule has 104 valence electrons. The number of carbonyl (C=O) groups excluding carboxylic acids is 1. The molecule has 0 aromatic carbocycles. The van der Waals surface area contributed by atoms with E-state index in [1.54, 1.807) is 17.4 Å². The van der Waals surface area contributed by atoms with Gasteiger partial charge in [0.1, 0.15) is 5.15 Å². The first-order valence-electron chi connectivity index (χ1n) is 6.38. The van der Waals surface area contributed by atoms with Crippen molar-refractivity contribution in [2.24, 2.45) is 0 Å². The summed E-state index contributed by atoms with van der Waals surface area (Å²) in [6.45, 7) is 0.609. The van der Waals surface area contributed by atoms with Crippen LogP contribution in [-0.2, 0) is 6.54 Å². The highest BCUT2D eigenvalue weighted by Gasteiger charge is 2.34. The molecule has 2 aromatic heterocycles. The minimum atomic E-state index is -0.0940. The topological polar surface area (TPSA) is 59.2 Å². The maximum absolute atomic E-state index is 12.7. The summed E-state index contributed by atoms with van der Waals surface area (Å²) in [4.78, 5) is 18.5. The first kappa shape index (κ1) is 13.4. The van der Waals surface area contributed by atoms with Gasteiger partial charge in [-0.1, -0.05) is 11.6 Å². The lowest BCUT2D eigenvalue weighted by Crippen LogP contribution is -2.32. The number of rotatable bonds is 4. The monoisotopic (exact) mass is 307 g/mol. The molecule has 0 radical (unpaired) electrons. The van der Waals surface area contributed by atoms with Crippen molar-refractivity contribution in [3.05, 3.63) is 45.4 Å². The number of hydrogen-bond donors (Lipinski definition) is 1. The van der Waals surface area contributed by atoms with E-state index in [4.69, 9.17) is 17.3 Å². The Morgan fingerprint density at radius 1 is 1.55 bits per heavy atom. The van der Waals surface area contributed by atoms with Gasteiger partial charge in [0, 0.05) is 12.6 Å². The highest BCUT2D eigenvalue weighted by atomic mass is 35.5. The molecule has 1 fully saturated rings. The van der Waals surface area contributed by atoms with Gasteiger partial charge in [-0.05, 0) is 41.3 Å². The number of halogens is 1. The predicted octanol–water partition coefficient (Wildman–Crippen LogP) is 3.18. The number of amides is 1. The zero-order chi connectivity index (χ0) is 14.1. The molecular formula is C14H14ClN3OS. The van der Waals surface area contributed by atoms with Crippen molar-refractivity contribution < 1.29 is 4.79 Å². The molecule has 0 atom stereocenters. The Labute approximate surface area is 126 Å². The van der Waals surface area contributed by atoms with Crippen molar-refractivity contribution >= 4 is 34.5 Å². The van der Waals surface area contributed by atoms with Crippen LogP contribution in [0.3, 0.4) is 0 Å². The number of pyridine rings is 1. The van der Waals surface area contributed by atoms with Crippen LogP contribution in [0.4, 0.5) is 5.69 Å². The van der Waals surface area contributed by atoms with Gasteiger partial charge in [-0.3, -0.25) is 4.79 Å². The summed E-state index contributed by atoms with van der Waals surface area (Å²) in [6.07, 6.45) is 3.55. The van der Waals surface area contributed by atoms with E-state index in [1.807, 2.05) is 16.3 Å². The minimum Gasteiger partial charge on any atom is -0.397 e. The minimum absolute atomic E-state index is 0.0940. The molecule has 1 amide bonds. The Morgan fingerprint density at radius 3 is 3.00 bits per heavy atom. The Morgan fingerprint density at radius 2 is 2.35 bits per heavy atom. The molecule has 1 saturated carbocycles. The molecule has 3 rings (SSSR count). The lowest BCUT2D eigenvalue weighted by molar-refractivity contribution is 0.0730. The van der Waals surface area contributed by atoms with E-state index in [1.165, 1.54) is 6.20 Å². The summed E-state index contributed by atoms with van der Waals surface area (Å²) < 4.78 is 0. The number of anilines is 1. The molecule has 1 aliphatic rings. The number of aromatic nitrogens is 1. The van der Waals surface area contributed by atoms with Gasteiger partial charge in [-0.15, -0.1) is 0 Å². The van der Waals surface area contributed by atoms with Crippen LogP contribution < -0.4 is 5.73 Å². The average Bonchev–Trinajstić information content (AvgIpc) is 3.15. The van der Waals surface area contributed by atoms with Crippen LogP contribution in [-0.4, -0.2) is 21.8 Å². The van der Waals surface area contributed by atoms with Crippen molar-refractivity contribution in [2.75, 3.05) is 5.73 Å². The third-order valence-electron chi connectivity index (χ3n) is 3.27. The maximum atomic E-state index is 12.7. The fourth-order valence-electron chi connectivity index (χ4n) is 2.10. The van der Waals surface area contributed by atoms with E-state index in [9.17, 15) is 4.79 Å². The quantitative estimate of drug-likeness (QED) is 0.883. The van der Waals surface area contributed by atoms with E-state index in [-0.39, 0.29) is 11.1 Å². The molecule has 6 heteroatoms. The smallest absolute Gasteiger partial charge is 0.257 e. The highest BCUT2D eigenvalue weighted by molar-refractivity contribution is 7.07. The molecule has 0 saturated heterocycles. The van der Waals surface area contributed by atoms with Crippen LogP contribution in [0.2, 0.25) is 5.15 Å². The number of thiophene rings is 1. The summed E-state index contributed by atoms with van der Waals surface area (Å²) in [7, 11) is 0. The van der Waals surface area contributed by atoms with Crippen molar-refractivity contribution in [2.45, 2.75) is 25.4 Å². The second-order valence-corrected chi connectivity index (χ2v) is 6.04. The summed E-state index contributed by atoms with van der Waals surface area (Å²) in [6, 6.07) is 3.94. The molecule has 0 spiro atoms. The van der Waals surface area contributed by atoms with E-state index in [0.717, 1.165) is 18.4 Å². The van der Waals surface area contributed by atoms with Gasteiger partial charge < -0.3 is 10.6 Å². The van der Waals surface area contributed by atoms with Crippen LogP contribution in [0.15, 0.2) is 29.1 Å².